The monoisotopic (exact) mass is 294 g/mol. The molecule has 2 aromatic rings. The van der Waals surface area contributed by atoms with Crippen LogP contribution in [-0.4, -0.2) is 11.7 Å². The van der Waals surface area contributed by atoms with Crippen molar-refractivity contribution in [1.29, 1.82) is 0 Å². The van der Waals surface area contributed by atoms with E-state index in [9.17, 15) is 9.18 Å². The SMILES string of the molecule is CC(NC(=O)CSc1ccc(F)cc1N)c1ccco1. The Hall–Kier alpha value is -1.95. The minimum atomic E-state index is -0.386. The fraction of sp³-hybridized carbons (Fsp3) is 0.214. The summed E-state index contributed by atoms with van der Waals surface area (Å²) in [6.07, 6.45) is 1.56. The number of hydrogen-bond acceptors (Lipinski definition) is 4. The smallest absolute Gasteiger partial charge is 0.230 e. The van der Waals surface area contributed by atoms with E-state index in [-0.39, 0.29) is 23.5 Å². The van der Waals surface area contributed by atoms with Crippen LogP contribution in [-0.2, 0) is 4.79 Å². The normalized spacial score (nSPS) is 12.1. The van der Waals surface area contributed by atoms with E-state index >= 15 is 0 Å². The number of carbonyl (C=O) groups excluding carboxylic acids is 1. The summed E-state index contributed by atoms with van der Waals surface area (Å²) in [6.45, 7) is 1.84. The van der Waals surface area contributed by atoms with Crippen molar-refractivity contribution in [3.63, 3.8) is 0 Å². The van der Waals surface area contributed by atoms with E-state index in [0.717, 1.165) is 0 Å². The Balaban J connectivity index is 1.86. The number of thioether (sulfide) groups is 1. The lowest BCUT2D eigenvalue weighted by atomic mass is 10.2. The molecule has 0 radical (unpaired) electrons. The van der Waals surface area contributed by atoms with Crippen LogP contribution in [0.15, 0.2) is 45.9 Å². The molecular weight excluding hydrogens is 279 g/mol. The average Bonchev–Trinajstić information content (AvgIpc) is 2.91. The fourth-order valence-corrected chi connectivity index (χ4v) is 2.45. The highest BCUT2D eigenvalue weighted by atomic mass is 32.2. The molecule has 1 unspecified atom stereocenters. The first-order chi connectivity index (χ1) is 9.56. The quantitative estimate of drug-likeness (QED) is 0.657. The Morgan fingerprint density at radius 3 is 2.95 bits per heavy atom. The van der Waals surface area contributed by atoms with Crippen LogP contribution in [0.5, 0.6) is 0 Å². The average molecular weight is 294 g/mol. The molecule has 0 aliphatic carbocycles. The summed E-state index contributed by atoms with van der Waals surface area (Å²) in [7, 11) is 0. The van der Waals surface area contributed by atoms with Crippen LogP contribution < -0.4 is 11.1 Å². The predicted molar refractivity (Wildman–Crippen MR) is 76.8 cm³/mol. The Labute approximate surface area is 120 Å². The molecule has 20 heavy (non-hydrogen) atoms. The summed E-state index contributed by atoms with van der Waals surface area (Å²) in [5.41, 5.74) is 6.01. The summed E-state index contributed by atoms with van der Waals surface area (Å²) >= 11 is 1.27. The van der Waals surface area contributed by atoms with Crippen molar-refractivity contribution in [2.24, 2.45) is 0 Å². The number of rotatable bonds is 5. The lowest BCUT2D eigenvalue weighted by Gasteiger charge is -2.11. The zero-order chi connectivity index (χ0) is 14.5. The van der Waals surface area contributed by atoms with Gasteiger partial charge < -0.3 is 15.5 Å². The molecule has 1 heterocycles. The maximum absolute atomic E-state index is 12.9. The van der Waals surface area contributed by atoms with E-state index in [2.05, 4.69) is 5.32 Å². The van der Waals surface area contributed by atoms with E-state index in [1.54, 1.807) is 24.5 Å². The van der Waals surface area contributed by atoms with Gasteiger partial charge in [0.15, 0.2) is 0 Å². The van der Waals surface area contributed by atoms with Gasteiger partial charge in [0, 0.05) is 10.6 Å². The Morgan fingerprint density at radius 2 is 2.30 bits per heavy atom. The van der Waals surface area contributed by atoms with Gasteiger partial charge in [0.25, 0.3) is 0 Å². The molecule has 0 saturated carbocycles. The van der Waals surface area contributed by atoms with Crippen LogP contribution in [0.25, 0.3) is 0 Å². The molecule has 106 valence electrons. The molecule has 1 aromatic heterocycles. The molecular formula is C14H15FN2O2S. The molecule has 0 fully saturated rings. The molecule has 1 atom stereocenters. The number of furan rings is 1. The Kier molecular flexibility index (Phi) is 4.68. The van der Waals surface area contributed by atoms with Gasteiger partial charge in [-0.3, -0.25) is 4.79 Å². The lowest BCUT2D eigenvalue weighted by Crippen LogP contribution is -2.27. The largest absolute Gasteiger partial charge is 0.467 e. The third kappa shape index (κ3) is 3.77. The topological polar surface area (TPSA) is 68.3 Å². The summed E-state index contributed by atoms with van der Waals surface area (Å²) in [5, 5.41) is 2.81. The minimum absolute atomic E-state index is 0.136. The van der Waals surface area contributed by atoms with Crippen molar-refractivity contribution in [3.05, 3.63) is 48.2 Å². The fourth-order valence-electron chi connectivity index (χ4n) is 1.69. The number of nitrogens with two attached hydrogens (primary N) is 1. The van der Waals surface area contributed by atoms with Crippen LogP contribution in [0.1, 0.15) is 18.7 Å². The van der Waals surface area contributed by atoms with Gasteiger partial charge >= 0.3 is 0 Å². The molecule has 0 aliphatic heterocycles. The van der Waals surface area contributed by atoms with E-state index in [1.807, 2.05) is 6.92 Å². The molecule has 3 N–H and O–H groups in total. The first-order valence-electron chi connectivity index (χ1n) is 6.07. The zero-order valence-electron chi connectivity index (χ0n) is 10.9. The summed E-state index contributed by atoms with van der Waals surface area (Å²) < 4.78 is 18.1. The number of hydrogen-bond donors (Lipinski definition) is 2. The van der Waals surface area contributed by atoms with Gasteiger partial charge in [-0.05, 0) is 37.3 Å². The van der Waals surface area contributed by atoms with E-state index in [0.29, 0.717) is 16.3 Å². The highest BCUT2D eigenvalue weighted by Crippen LogP contribution is 2.25. The van der Waals surface area contributed by atoms with Gasteiger partial charge in [-0.15, -0.1) is 11.8 Å². The molecule has 0 bridgehead atoms. The van der Waals surface area contributed by atoms with Gasteiger partial charge in [-0.2, -0.15) is 0 Å². The summed E-state index contributed by atoms with van der Waals surface area (Å²) in [5.74, 6) is 0.385. The van der Waals surface area contributed by atoms with Crippen molar-refractivity contribution in [2.75, 3.05) is 11.5 Å². The molecule has 1 amide bonds. The molecule has 2 rings (SSSR count). The Morgan fingerprint density at radius 1 is 1.50 bits per heavy atom. The van der Waals surface area contributed by atoms with Crippen LogP contribution in [0.3, 0.4) is 0 Å². The molecule has 0 spiro atoms. The van der Waals surface area contributed by atoms with Crippen molar-refractivity contribution < 1.29 is 13.6 Å². The van der Waals surface area contributed by atoms with Crippen LogP contribution in [0, 0.1) is 5.82 Å². The molecule has 0 aliphatic rings. The zero-order valence-corrected chi connectivity index (χ0v) is 11.7. The number of nitrogens with one attached hydrogen (secondary N) is 1. The van der Waals surface area contributed by atoms with Crippen LogP contribution >= 0.6 is 11.8 Å². The molecule has 0 saturated heterocycles. The van der Waals surface area contributed by atoms with Gasteiger partial charge in [0.2, 0.25) is 5.91 Å². The third-order valence-corrected chi connectivity index (χ3v) is 3.77. The predicted octanol–water partition coefficient (Wildman–Crippen LogP) is 2.97. The number of benzene rings is 1. The second-order valence-electron chi connectivity index (χ2n) is 4.28. The molecule has 6 heteroatoms. The number of amides is 1. The van der Waals surface area contributed by atoms with Crippen molar-refractivity contribution in [2.45, 2.75) is 17.9 Å². The van der Waals surface area contributed by atoms with Gasteiger partial charge in [-0.25, -0.2) is 4.39 Å². The van der Waals surface area contributed by atoms with Crippen molar-refractivity contribution in [3.8, 4) is 0 Å². The van der Waals surface area contributed by atoms with Crippen molar-refractivity contribution >= 4 is 23.4 Å². The number of halogens is 1. The highest BCUT2D eigenvalue weighted by Gasteiger charge is 2.12. The maximum Gasteiger partial charge on any atom is 0.230 e. The first-order valence-corrected chi connectivity index (χ1v) is 7.05. The molecule has 4 nitrogen and oxygen atoms in total. The maximum atomic E-state index is 12.9. The number of nitrogen functional groups attached to an aromatic ring is 1. The first kappa shape index (κ1) is 14.5. The van der Waals surface area contributed by atoms with Crippen LogP contribution in [0.2, 0.25) is 0 Å². The summed E-state index contributed by atoms with van der Waals surface area (Å²) in [6, 6.07) is 7.51. The van der Waals surface area contributed by atoms with Gasteiger partial charge in [0.1, 0.15) is 11.6 Å². The minimum Gasteiger partial charge on any atom is -0.467 e. The lowest BCUT2D eigenvalue weighted by molar-refractivity contribution is -0.119. The standard InChI is InChI=1S/C14H15FN2O2S/c1-9(12-3-2-6-19-12)17-14(18)8-20-13-5-4-10(15)7-11(13)16/h2-7,9H,8,16H2,1H3,(H,17,18). The van der Waals surface area contributed by atoms with E-state index in [4.69, 9.17) is 10.2 Å². The van der Waals surface area contributed by atoms with Gasteiger partial charge in [0.05, 0.1) is 18.1 Å². The van der Waals surface area contributed by atoms with Crippen molar-refractivity contribution in [1.82, 2.24) is 5.32 Å². The number of carbonyl (C=O) groups is 1. The molecule has 1 aromatic carbocycles. The number of anilines is 1. The van der Waals surface area contributed by atoms with Crippen LogP contribution in [0.4, 0.5) is 10.1 Å². The second kappa shape index (κ2) is 6.47. The third-order valence-electron chi connectivity index (χ3n) is 2.68. The highest BCUT2D eigenvalue weighted by molar-refractivity contribution is 8.00. The Bertz CT molecular complexity index is 587. The summed E-state index contributed by atoms with van der Waals surface area (Å²) in [4.78, 5) is 12.5. The van der Waals surface area contributed by atoms with Gasteiger partial charge in [-0.1, -0.05) is 0 Å². The van der Waals surface area contributed by atoms with E-state index < -0.39 is 0 Å². The second-order valence-corrected chi connectivity index (χ2v) is 5.29. The van der Waals surface area contributed by atoms with E-state index in [1.165, 1.54) is 23.9 Å².